The van der Waals surface area contributed by atoms with E-state index in [0.29, 0.717) is 0 Å². The maximum atomic E-state index is 12.7. The first-order valence-electron chi connectivity index (χ1n) is 5.15. The van der Waals surface area contributed by atoms with Crippen LogP contribution in [-0.4, -0.2) is 31.3 Å². The average molecular weight is 307 g/mol. The van der Waals surface area contributed by atoms with Crippen LogP contribution >= 0.6 is 11.6 Å². The number of hydrogen-bond acceptors (Lipinski definition) is 4. The van der Waals surface area contributed by atoms with Crippen LogP contribution in [0.15, 0.2) is 18.2 Å². The van der Waals surface area contributed by atoms with E-state index in [1.54, 1.807) is 0 Å². The molecule has 0 aliphatic rings. The lowest BCUT2D eigenvalue weighted by atomic mass is 10.2. The molecule has 1 aromatic heterocycles. The second-order valence-corrected chi connectivity index (χ2v) is 4.15. The predicted molar refractivity (Wildman–Crippen MR) is 60.5 cm³/mol. The predicted octanol–water partition coefficient (Wildman–Crippen LogP) is 1.96. The summed E-state index contributed by atoms with van der Waals surface area (Å²) in [6.45, 7) is 0. The van der Waals surface area contributed by atoms with Crippen molar-refractivity contribution in [2.45, 2.75) is 12.6 Å². The molecule has 2 aromatic rings. The largest absolute Gasteiger partial charge is 0.481 e. The van der Waals surface area contributed by atoms with Crippen LogP contribution in [-0.2, 0) is 17.4 Å². The number of aromatic nitrogens is 4. The lowest BCUT2D eigenvalue weighted by Gasteiger charge is -2.11. The van der Waals surface area contributed by atoms with Crippen LogP contribution in [0.3, 0.4) is 0 Å². The smallest absolute Gasteiger partial charge is 0.417 e. The second kappa shape index (κ2) is 5.08. The fourth-order valence-corrected chi connectivity index (χ4v) is 1.74. The molecular formula is C10H6ClF3N4O2. The number of aliphatic carboxylic acids is 1. The number of alkyl halides is 3. The van der Waals surface area contributed by atoms with Gasteiger partial charge in [0.25, 0.3) is 0 Å². The molecule has 0 fully saturated rings. The van der Waals surface area contributed by atoms with E-state index < -0.39 is 29.2 Å². The van der Waals surface area contributed by atoms with Gasteiger partial charge in [-0.25, -0.2) is 0 Å². The summed E-state index contributed by atoms with van der Waals surface area (Å²) in [7, 11) is 0. The maximum absolute atomic E-state index is 12.7. The van der Waals surface area contributed by atoms with E-state index in [0.717, 1.165) is 16.8 Å². The monoisotopic (exact) mass is 306 g/mol. The van der Waals surface area contributed by atoms with Crippen molar-refractivity contribution in [1.82, 2.24) is 20.2 Å². The summed E-state index contributed by atoms with van der Waals surface area (Å²) in [5, 5.41) is 18.4. The van der Waals surface area contributed by atoms with Crippen molar-refractivity contribution in [3.8, 4) is 5.69 Å². The average Bonchev–Trinajstić information content (AvgIpc) is 2.75. The summed E-state index contributed by atoms with van der Waals surface area (Å²) in [6, 6.07) is 3.06. The molecule has 1 N–H and O–H groups in total. The molecule has 0 saturated carbocycles. The van der Waals surface area contributed by atoms with Crippen LogP contribution in [0, 0.1) is 0 Å². The number of rotatable bonds is 3. The molecular weight excluding hydrogens is 301 g/mol. The van der Waals surface area contributed by atoms with E-state index in [-0.39, 0.29) is 11.5 Å². The topological polar surface area (TPSA) is 80.9 Å². The molecule has 0 bridgehead atoms. The van der Waals surface area contributed by atoms with Gasteiger partial charge in [0.1, 0.15) is 6.42 Å². The SMILES string of the molecule is O=C(O)Cc1nnnn1-c1ccc(Cl)c(C(F)(F)F)c1. The van der Waals surface area contributed by atoms with Gasteiger partial charge in [0.2, 0.25) is 0 Å². The number of carboxylic acids is 1. The van der Waals surface area contributed by atoms with Crippen molar-refractivity contribution in [3.05, 3.63) is 34.6 Å². The van der Waals surface area contributed by atoms with Gasteiger partial charge in [-0.15, -0.1) is 5.10 Å². The fraction of sp³-hybridized carbons (Fsp3) is 0.200. The molecule has 2 rings (SSSR count). The first kappa shape index (κ1) is 14.3. The van der Waals surface area contributed by atoms with Crippen molar-refractivity contribution in [2.75, 3.05) is 0 Å². The minimum Gasteiger partial charge on any atom is -0.481 e. The molecule has 10 heteroatoms. The minimum absolute atomic E-state index is 0.0250. The summed E-state index contributed by atoms with van der Waals surface area (Å²) < 4.78 is 39.1. The summed E-state index contributed by atoms with van der Waals surface area (Å²) in [5.41, 5.74) is -1.07. The molecule has 0 aliphatic heterocycles. The number of carboxylic acid groups (broad SMARTS) is 1. The van der Waals surface area contributed by atoms with Gasteiger partial charge < -0.3 is 5.11 Å². The quantitative estimate of drug-likeness (QED) is 0.937. The summed E-state index contributed by atoms with van der Waals surface area (Å²) in [6.07, 6.45) is -5.15. The molecule has 20 heavy (non-hydrogen) atoms. The van der Waals surface area contributed by atoms with Gasteiger partial charge in [-0.1, -0.05) is 11.6 Å². The van der Waals surface area contributed by atoms with E-state index in [1.807, 2.05) is 0 Å². The summed E-state index contributed by atoms with van der Waals surface area (Å²) >= 11 is 5.49. The first-order chi connectivity index (χ1) is 9.29. The molecule has 1 heterocycles. The van der Waals surface area contributed by atoms with Crippen LogP contribution in [0.2, 0.25) is 5.02 Å². The molecule has 0 amide bonds. The normalized spacial score (nSPS) is 11.6. The van der Waals surface area contributed by atoms with Crippen LogP contribution in [0.25, 0.3) is 5.69 Å². The Labute approximate surface area is 114 Å². The van der Waals surface area contributed by atoms with Gasteiger partial charge in [-0.05, 0) is 28.6 Å². The highest BCUT2D eigenvalue weighted by Crippen LogP contribution is 2.35. The zero-order valence-electron chi connectivity index (χ0n) is 9.60. The summed E-state index contributed by atoms with van der Waals surface area (Å²) in [5.74, 6) is -1.29. The third-order valence-corrected chi connectivity index (χ3v) is 2.67. The summed E-state index contributed by atoms with van der Waals surface area (Å²) in [4.78, 5) is 10.6. The molecule has 0 radical (unpaired) electrons. The molecule has 0 atom stereocenters. The van der Waals surface area contributed by atoms with Gasteiger partial charge >= 0.3 is 12.1 Å². The highest BCUT2D eigenvalue weighted by molar-refractivity contribution is 6.31. The van der Waals surface area contributed by atoms with Crippen LogP contribution < -0.4 is 0 Å². The molecule has 0 aliphatic carbocycles. The van der Waals surface area contributed by atoms with Crippen molar-refractivity contribution in [1.29, 1.82) is 0 Å². The highest BCUT2D eigenvalue weighted by atomic mass is 35.5. The second-order valence-electron chi connectivity index (χ2n) is 3.74. The van der Waals surface area contributed by atoms with E-state index in [1.165, 1.54) is 6.07 Å². The van der Waals surface area contributed by atoms with Crippen LogP contribution in [0.5, 0.6) is 0 Å². The minimum atomic E-state index is -4.63. The molecule has 0 unspecified atom stereocenters. The van der Waals surface area contributed by atoms with E-state index >= 15 is 0 Å². The van der Waals surface area contributed by atoms with Crippen LogP contribution in [0.1, 0.15) is 11.4 Å². The first-order valence-corrected chi connectivity index (χ1v) is 5.53. The Morgan fingerprint density at radius 3 is 2.70 bits per heavy atom. The van der Waals surface area contributed by atoms with Crippen molar-refractivity contribution in [2.24, 2.45) is 0 Å². The number of nitrogens with zero attached hydrogens (tertiary/aromatic N) is 4. The maximum Gasteiger partial charge on any atom is 0.417 e. The highest BCUT2D eigenvalue weighted by Gasteiger charge is 2.33. The molecule has 0 saturated heterocycles. The molecule has 106 valence electrons. The number of tetrazole rings is 1. The molecule has 6 nitrogen and oxygen atoms in total. The third kappa shape index (κ3) is 2.87. The Bertz CT molecular complexity index is 656. The number of halogens is 4. The van der Waals surface area contributed by atoms with Crippen molar-refractivity contribution < 1.29 is 23.1 Å². The zero-order chi connectivity index (χ0) is 14.9. The van der Waals surface area contributed by atoms with Gasteiger partial charge in [0.05, 0.1) is 16.3 Å². The molecule has 0 spiro atoms. The fourth-order valence-electron chi connectivity index (χ4n) is 1.51. The van der Waals surface area contributed by atoms with E-state index in [4.69, 9.17) is 16.7 Å². The Morgan fingerprint density at radius 2 is 2.10 bits per heavy atom. The Balaban J connectivity index is 2.49. The molecule has 1 aromatic carbocycles. The van der Waals surface area contributed by atoms with Gasteiger partial charge in [-0.2, -0.15) is 17.9 Å². The van der Waals surface area contributed by atoms with E-state index in [9.17, 15) is 18.0 Å². The zero-order valence-corrected chi connectivity index (χ0v) is 10.4. The number of benzene rings is 1. The van der Waals surface area contributed by atoms with Crippen molar-refractivity contribution >= 4 is 17.6 Å². The van der Waals surface area contributed by atoms with E-state index in [2.05, 4.69) is 15.5 Å². The lowest BCUT2D eigenvalue weighted by Crippen LogP contribution is -2.11. The van der Waals surface area contributed by atoms with Gasteiger partial charge in [0, 0.05) is 0 Å². The Morgan fingerprint density at radius 1 is 1.40 bits per heavy atom. The lowest BCUT2D eigenvalue weighted by molar-refractivity contribution is -0.138. The van der Waals surface area contributed by atoms with Crippen molar-refractivity contribution in [3.63, 3.8) is 0 Å². The number of hydrogen-bond donors (Lipinski definition) is 1. The Hall–Kier alpha value is -2.16. The van der Waals surface area contributed by atoms with Crippen LogP contribution in [0.4, 0.5) is 13.2 Å². The van der Waals surface area contributed by atoms with Gasteiger partial charge in [-0.3, -0.25) is 4.79 Å². The van der Waals surface area contributed by atoms with Gasteiger partial charge in [0.15, 0.2) is 5.82 Å². The standard InChI is InChI=1S/C10H6ClF3N4O2/c11-7-2-1-5(3-6(7)10(12,13)14)18-8(4-9(19)20)15-16-17-18/h1-3H,4H2,(H,19,20). The Kier molecular flexibility index (Phi) is 3.62. The third-order valence-electron chi connectivity index (χ3n) is 2.34. The number of carbonyl (C=O) groups is 1.